The van der Waals surface area contributed by atoms with E-state index in [1.165, 1.54) is 17.2 Å². The largest absolute Gasteiger partial charge is 0.378 e. The Hall–Kier alpha value is -3.23. The predicted octanol–water partition coefficient (Wildman–Crippen LogP) is 5.28. The number of piperidine rings is 1. The molecule has 2 unspecified atom stereocenters. The second-order valence-corrected chi connectivity index (χ2v) is 13.3. The summed E-state index contributed by atoms with van der Waals surface area (Å²) in [5.74, 6) is 1.10. The minimum absolute atomic E-state index is 0.128. The van der Waals surface area contributed by atoms with Crippen LogP contribution in [0.3, 0.4) is 0 Å². The molecule has 0 N–H and O–H groups in total. The van der Waals surface area contributed by atoms with Crippen LogP contribution in [0.5, 0.6) is 0 Å². The lowest BCUT2D eigenvalue weighted by Crippen LogP contribution is -2.37. The van der Waals surface area contributed by atoms with Crippen LogP contribution in [0.4, 0.5) is 15.8 Å². The predicted molar refractivity (Wildman–Crippen MR) is 165 cm³/mol. The molecule has 3 aromatic rings. The van der Waals surface area contributed by atoms with Crippen LogP contribution in [0.15, 0.2) is 48.5 Å². The van der Waals surface area contributed by atoms with Crippen molar-refractivity contribution < 1.29 is 13.9 Å². The normalized spacial score (nSPS) is 22.3. The van der Waals surface area contributed by atoms with E-state index in [0.717, 1.165) is 31.7 Å². The SMILES string of the molecule is CCc1ccc(CN2CC3C(C2)C3CN(C(=O)c2cc(C(C)(C)C)nn2C)c2ccc(N3CCOCC3)c(F)c2)cc1. The van der Waals surface area contributed by atoms with E-state index in [0.29, 0.717) is 67.7 Å². The number of aryl methyl sites for hydroxylation is 2. The van der Waals surface area contributed by atoms with Gasteiger partial charge >= 0.3 is 0 Å². The molecule has 3 fully saturated rings. The van der Waals surface area contributed by atoms with Crippen LogP contribution in [0.2, 0.25) is 0 Å². The molecular weight excluding hydrogens is 529 g/mol. The fourth-order valence-corrected chi connectivity index (χ4v) is 6.69. The van der Waals surface area contributed by atoms with Gasteiger partial charge in [-0.25, -0.2) is 4.39 Å². The monoisotopic (exact) mass is 573 g/mol. The number of hydrogen-bond acceptors (Lipinski definition) is 5. The van der Waals surface area contributed by atoms with Gasteiger partial charge in [-0.1, -0.05) is 52.0 Å². The Morgan fingerprint density at radius 2 is 1.69 bits per heavy atom. The van der Waals surface area contributed by atoms with Crippen molar-refractivity contribution in [3.05, 3.63) is 76.9 Å². The van der Waals surface area contributed by atoms with Gasteiger partial charge in [-0.15, -0.1) is 0 Å². The molecule has 7 nitrogen and oxygen atoms in total. The maximum absolute atomic E-state index is 15.5. The van der Waals surface area contributed by atoms with E-state index >= 15 is 4.39 Å². The summed E-state index contributed by atoms with van der Waals surface area (Å²) in [6, 6.07) is 16.1. The summed E-state index contributed by atoms with van der Waals surface area (Å²) in [4.78, 5) is 20.5. The van der Waals surface area contributed by atoms with Gasteiger partial charge in [0.15, 0.2) is 0 Å². The second-order valence-electron chi connectivity index (χ2n) is 13.3. The standard InChI is InChI=1S/C34H44FN5O2/c1-6-23-7-9-24(10-8-23)19-38-20-26-27(21-38)28(26)22-40(33(41)31-18-32(34(2,3)4)36-37(31)5)25-11-12-30(29(35)17-25)39-13-15-42-16-14-39/h7-12,17-18,26-28H,6,13-16,19-22H2,1-5H3. The molecule has 2 aliphatic heterocycles. The lowest BCUT2D eigenvalue weighted by molar-refractivity contribution is 0.0975. The summed E-state index contributed by atoms with van der Waals surface area (Å²) in [6.07, 6.45) is 1.06. The number of amides is 1. The molecular formula is C34H44FN5O2. The van der Waals surface area contributed by atoms with Crippen LogP contribution in [0.1, 0.15) is 55.0 Å². The van der Waals surface area contributed by atoms with E-state index in [1.54, 1.807) is 9.58 Å². The molecule has 2 aromatic carbocycles. The highest BCUT2D eigenvalue weighted by molar-refractivity contribution is 6.05. The number of ether oxygens (including phenoxy) is 1. The smallest absolute Gasteiger partial charge is 0.276 e. The number of anilines is 2. The van der Waals surface area contributed by atoms with Crippen LogP contribution in [-0.4, -0.2) is 66.5 Å². The number of likely N-dealkylation sites (tertiary alicyclic amines) is 1. The second kappa shape index (κ2) is 11.5. The molecule has 6 rings (SSSR count). The molecule has 3 heterocycles. The topological polar surface area (TPSA) is 53.8 Å². The summed E-state index contributed by atoms with van der Waals surface area (Å²) in [5.41, 5.74) is 5.10. The van der Waals surface area contributed by atoms with Crippen molar-refractivity contribution in [2.45, 2.75) is 46.1 Å². The molecule has 0 radical (unpaired) electrons. The van der Waals surface area contributed by atoms with Crippen molar-refractivity contribution in [3.8, 4) is 0 Å². The minimum Gasteiger partial charge on any atom is -0.378 e. The van der Waals surface area contributed by atoms with Gasteiger partial charge < -0.3 is 14.5 Å². The Morgan fingerprint density at radius 1 is 1.02 bits per heavy atom. The number of rotatable bonds is 8. The number of carbonyl (C=O) groups is 1. The van der Waals surface area contributed by atoms with E-state index in [1.807, 2.05) is 30.1 Å². The summed E-state index contributed by atoms with van der Waals surface area (Å²) in [6.45, 7) is 14.6. The molecule has 2 saturated heterocycles. The highest BCUT2D eigenvalue weighted by Crippen LogP contribution is 2.52. The molecule has 42 heavy (non-hydrogen) atoms. The van der Waals surface area contributed by atoms with E-state index in [2.05, 4.69) is 62.0 Å². The van der Waals surface area contributed by atoms with E-state index in [4.69, 9.17) is 4.74 Å². The molecule has 2 atom stereocenters. The molecule has 0 spiro atoms. The van der Waals surface area contributed by atoms with Crippen molar-refractivity contribution in [2.75, 3.05) is 55.7 Å². The van der Waals surface area contributed by atoms with Crippen molar-refractivity contribution in [1.82, 2.24) is 14.7 Å². The Bertz CT molecular complexity index is 1410. The van der Waals surface area contributed by atoms with Crippen molar-refractivity contribution in [3.63, 3.8) is 0 Å². The third-order valence-corrected chi connectivity index (χ3v) is 9.38. The molecule has 1 amide bonds. The van der Waals surface area contributed by atoms with Gasteiger partial charge in [0.2, 0.25) is 0 Å². The average Bonchev–Trinajstić information content (AvgIpc) is 3.25. The Balaban J connectivity index is 1.20. The first-order valence-electron chi connectivity index (χ1n) is 15.4. The number of morpholine rings is 1. The Labute approximate surface area is 249 Å². The zero-order valence-corrected chi connectivity index (χ0v) is 25.6. The van der Waals surface area contributed by atoms with Crippen molar-refractivity contribution in [1.29, 1.82) is 0 Å². The molecule has 224 valence electrons. The Morgan fingerprint density at radius 3 is 2.29 bits per heavy atom. The molecule has 0 bridgehead atoms. The van der Waals surface area contributed by atoms with Gasteiger partial charge in [-0.3, -0.25) is 14.4 Å². The molecule has 1 aliphatic carbocycles. The zero-order valence-electron chi connectivity index (χ0n) is 25.6. The summed E-state index contributed by atoms with van der Waals surface area (Å²) in [7, 11) is 1.82. The number of hydrogen-bond donors (Lipinski definition) is 0. The zero-order chi connectivity index (χ0) is 29.6. The van der Waals surface area contributed by atoms with Gasteiger partial charge in [0.05, 0.1) is 24.6 Å². The van der Waals surface area contributed by atoms with Crippen LogP contribution in [-0.2, 0) is 30.2 Å². The fourth-order valence-electron chi connectivity index (χ4n) is 6.69. The molecule has 3 aliphatic rings. The van der Waals surface area contributed by atoms with Gasteiger partial charge in [0.25, 0.3) is 5.91 Å². The molecule has 1 aromatic heterocycles. The van der Waals surface area contributed by atoms with Crippen LogP contribution in [0.25, 0.3) is 0 Å². The molecule has 1 saturated carbocycles. The summed E-state index contributed by atoms with van der Waals surface area (Å²) in [5, 5.41) is 4.65. The van der Waals surface area contributed by atoms with Crippen molar-refractivity contribution >= 4 is 17.3 Å². The van der Waals surface area contributed by atoms with E-state index < -0.39 is 0 Å². The number of fused-ring (bicyclic) bond motifs is 1. The first kappa shape index (κ1) is 28.9. The van der Waals surface area contributed by atoms with Gasteiger partial charge in [-0.05, 0) is 59.6 Å². The quantitative estimate of drug-likeness (QED) is 0.367. The lowest BCUT2D eigenvalue weighted by Gasteiger charge is -2.30. The van der Waals surface area contributed by atoms with Gasteiger partial charge in [-0.2, -0.15) is 5.10 Å². The maximum Gasteiger partial charge on any atom is 0.276 e. The number of benzene rings is 2. The molecule has 8 heteroatoms. The third kappa shape index (κ3) is 5.84. The van der Waals surface area contributed by atoms with Gasteiger partial charge in [0.1, 0.15) is 11.5 Å². The van der Waals surface area contributed by atoms with Crippen LogP contribution < -0.4 is 9.80 Å². The highest BCUT2D eigenvalue weighted by Gasteiger charge is 2.56. The third-order valence-electron chi connectivity index (χ3n) is 9.38. The fraction of sp³-hybridized carbons (Fsp3) is 0.529. The maximum atomic E-state index is 15.5. The number of carbonyl (C=O) groups excluding carboxylic acids is 1. The van der Waals surface area contributed by atoms with Crippen molar-refractivity contribution in [2.24, 2.45) is 24.8 Å². The first-order chi connectivity index (χ1) is 20.1. The first-order valence-corrected chi connectivity index (χ1v) is 15.4. The summed E-state index contributed by atoms with van der Waals surface area (Å²) < 4.78 is 22.7. The van der Waals surface area contributed by atoms with E-state index in [9.17, 15) is 4.79 Å². The van der Waals surface area contributed by atoms with Crippen LogP contribution >= 0.6 is 0 Å². The number of aromatic nitrogens is 2. The average molecular weight is 574 g/mol. The minimum atomic E-state index is -0.302. The number of nitrogens with zero attached hydrogens (tertiary/aromatic N) is 5. The van der Waals surface area contributed by atoms with Crippen LogP contribution in [0, 0.1) is 23.6 Å². The summed E-state index contributed by atoms with van der Waals surface area (Å²) >= 11 is 0. The highest BCUT2D eigenvalue weighted by atomic mass is 19.1. The van der Waals surface area contributed by atoms with E-state index in [-0.39, 0.29) is 17.1 Å². The Kier molecular flexibility index (Phi) is 7.87. The lowest BCUT2D eigenvalue weighted by atomic mass is 9.92. The number of halogens is 1. The van der Waals surface area contributed by atoms with Gasteiger partial charge in [0, 0.05) is 57.4 Å².